The van der Waals surface area contributed by atoms with E-state index in [2.05, 4.69) is 10.3 Å². The number of phenols is 1. The van der Waals surface area contributed by atoms with Gasteiger partial charge in [0.25, 0.3) is 5.69 Å². The number of fused-ring (bicyclic) bond motifs is 1. The fraction of sp³-hybridized carbons (Fsp3) is 0.130. The van der Waals surface area contributed by atoms with Gasteiger partial charge in [-0.25, -0.2) is 9.37 Å². The monoisotopic (exact) mass is 434 g/mol. The van der Waals surface area contributed by atoms with Crippen LogP contribution in [0.1, 0.15) is 16.8 Å². The fourth-order valence-electron chi connectivity index (χ4n) is 3.48. The molecule has 4 rings (SSSR count). The van der Waals surface area contributed by atoms with Crippen molar-refractivity contribution in [3.63, 3.8) is 0 Å². The van der Waals surface area contributed by atoms with E-state index in [1.165, 1.54) is 6.07 Å². The molecule has 4 aromatic rings. The topological polar surface area (TPSA) is 110 Å². The number of phenolic OH excluding ortho intramolecular Hbond substituents is 1. The summed E-state index contributed by atoms with van der Waals surface area (Å²) in [6, 6.07) is 11.7. The molecular formula is C23H19FN4O4. The molecule has 0 atom stereocenters. The maximum Gasteiger partial charge on any atom is 0.271 e. The number of rotatable bonds is 5. The third kappa shape index (κ3) is 4.00. The molecule has 0 unspecified atom stereocenters. The van der Waals surface area contributed by atoms with Gasteiger partial charge in [0, 0.05) is 23.9 Å². The first-order valence-corrected chi connectivity index (χ1v) is 9.74. The summed E-state index contributed by atoms with van der Waals surface area (Å²) in [6.07, 6.45) is 1.72. The number of benzene rings is 2. The molecule has 0 saturated heterocycles. The van der Waals surface area contributed by atoms with Crippen molar-refractivity contribution in [2.75, 3.05) is 5.32 Å². The zero-order chi connectivity index (χ0) is 23.0. The molecule has 0 bridgehead atoms. The van der Waals surface area contributed by atoms with Crippen LogP contribution in [0.15, 0.2) is 54.7 Å². The third-order valence-electron chi connectivity index (χ3n) is 5.09. The van der Waals surface area contributed by atoms with Crippen LogP contribution in [0.3, 0.4) is 0 Å². The lowest BCUT2D eigenvalue weighted by Gasteiger charge is -2.09. The molecule has 8 nitrogen and oxygen atoms in total. The SMILES string of the molecule is Cc1ccc2nc(-c3ccc(F)c(C)c3)c(CC(=O)Nc3cc([N+](=O)[O-])ccc3O)n2c1. The highest BCUT2D eigenvalue weighted by Crippen LogP contribution is 2.30. The average Bonchev–Trinajstić information content (AvgIpc) is 3.09. The number of anilines is 1. The van der Waals surface area contributed by atoms with Gasteiger partial charge in [0.05, 0.1) is 28.4 Å². The Labute approximate surface area is 182 Å². The van der Waals surface area contributed by atoms with Gasteiger partial charge in [-0.2, -0.15) is 0 Å². The van der Waals surface area contributed by atoms with Gasteiger partial charge in [-0.3, -0.25) is 14.9 Å². The molecule has 0 radical (unpaired) electrons. The molecule has 0 saturated carbocycles. The van der Waals surface area contributed by atoms with Crippen LogP contribution in [0.25, 0.3) is 16.9 Å². The smallest absolute Gasteiger partial charge is 0.271 e. The van der Waals surface area contributed by atoms with E-state index in [9.17, 15) is 24.4 Å². The van der Waals surface area contributed by atoms with Gasteiger partial charge in [0.15, 0.2) is 0 Å². The molecule has 2 N–H and O–H groups in total. The van der Waals surface area contributed by atoms with Crippen LogP contribution in [-0.2, 0) is 11.2 Å². The van der Waals surface area contributed by atoms with Crippen molar-refractivity contribution in [2.24, 2.45) is 0 Å². The van der Waals surface area contributed by atoms with E-state index in [-0.39, 0.29) is 29.4 Å². The number of carbonyl (C=O) groups excluding carboxylic acids is 1. The molecule has 0 aliphatic rings. The molecule has 32 heavy (non-hydrogen) atoms. The summed E-state index contributed by atoms with van der Waals surface area (Å²) in [5.41, 5.74) is 3.45. The largest absolute Gasteiger partial charge is 0.506 e. The molecule has 9 heteroatoms. The van der Waals surface area contributed by atoms with Gasteiger partial charge in [0.1, 0.15) is 17.2 Å². The Morgan fingerprint density at radius 3 is 2.69 bits per heavy atom. The predicted octanol–water partition coefficient (Wildman–Crippen LogP) is 4.55. The highest BCUT2D eigenvalue weighted by Gasteiger charge is 2.19. The minimum absolute atomic E-state index is 0.0617. The number of nitrogens with one attached hydrogen (secondary N) is 1. The number of nitro benzene ring substituents is 1. The number of hydrogen-bond acceptors (Lipinski definition) is 5. The minimum Gasteiger partial charge on any atom is -0.506 e. The van der Waals surface area contributed by atoms with E-state index in [0.717, 1.165) is 23.8 Å². The molecule has 2 heterocycles. The van der Waals surface area contributed by atoms with Crippen molar-refractivity contribution in [1.82, 2.24) is 9.38 Å². The molecule has 0 fully saturated rings. The van der Waals surface area contributed by atoms with Crippen LogP contribution < -0.4 is 5.32 Å². The summed E-state index contributed by atoms with van der Waals surface area (Å²) in [6.45, 7) is 3.56. The van der Waals surface area contributed by atoms with Crippen LogP contribution in [0.4, 0.5) is 15.8 Å². The Hall–Kier alpha value is -4.27. The predicted molar refractivity (Wildman–Crippen MR) is 117 cm³/mol. The molecule has 2 aromatic carbocycles. The number of nitrogens with zero attached hydrogens (tertiary/aromatic N) is 3. The summed E-state index contributed by atoms with van der Waals surface area (Å²) in [5.74, 6) is -1.12. The number of pyridine rings is 1. The molecule has 1 amide bonds. The fourth-order valence-corrected chi connectivity index (χ4v) is 3.48. The second kappa shape index (κ2) is 8.10. The summed E-state index contributed by atoms with van der Waals surface area (Å²) in [7, 11) is 0. The van der Waals surface area contributed by atoms with Crippen LogP contribution in [0.2, 0.25) is 0 Å². The Kier molecular flexibility index (Phi) is 5.31. The van der Waals surface area contributed by atoms with E-state index < -0.39 is 10.8 Å². The Morgan fingerprint density at radius 2 is 1.97 bits per heavy atom. The molecule has 0 spiro atoms. The van der Waals surface area contributed by atoms with Crippen LogP contribution in [0, 0.1) is 29.8 Å². The number of hydrogen-bond donors (Lipinski definition) is 2. The van der Waals surface area contributed by atoms with Crippen LogP contribution >= 0.6 is 0 Å². The molecule has 2 aromatic heterocycles. The molecule has 162 valence electrons. The zero-order valence-corrected chi connectivity index (χ0v) is 17.3. The Morgan fingerprint density at radius 1 is 1.19 bits per heavy atom. The number of aromatic hydroxyl groups is 1. The van der Waals surface area contributed by atoms with Gasteiger partial charge in [0.2, 0.25) is 5.91 Å². The molecule has 0 aliphatic carbocycles. The zero-order valence-electron chi connectivity index (χ0n) is 17.3. The third-order valence-corrected chi connectivity index (χ3v) is 5.09. The van der Waals surface area contributed by atoms with E-state index >= 15 is 0 Å². The number of amides is 1. The quantitative estimate of drug-likeness (QED) is 0.272. The van der Waals surface area contributed by atoms with Gasteiger partial charge in [-0.05, 0) is 55.3 Å². The summed E-state index contributed by atoms with van der Waals surface area (Å²) in [4.78, 5) is 27.9. The number of imidazole rings is 1. The van der Waals surface area contributed by atoms with Crippen LogP contribution in [0.5, 0.6) is 5.75 Å². The first-order chi connectivity index (χ1) is 15.2. The van der Waals surface area contributed by atoms with Crippen molar-refractivity contribution in [2.45, 2.75) is 20.3 Å². The van der Waals surface area contributed by atoms with Gasteiger partial charge in [-0.15, -0.1) is 0 Å². The number of aryl methyl sites for hydroxylation is 2. The summed E-state index contributed by atoms with van der Waals surface area (Å²) >= 11 is 0. The van der Waals surface area contributed by atoms with Crippen molar-refractivity contribution in [1.29, 1.82) is 0 Å². The van der Waals surface area contributed by atoms with Crippen LogP contribution in [-0.4, -0.2) is 25.3 Å². The first-order valence-electron chi connectivity index (χ1n) is 9.74. The van der Waals surface area contributed by atoms with E-state index in [4.69, 9.17) is 0 Å². The van der Waals surface area contributed by atoms with Gasteiger partial charge >= 0.3 is 0 Å². The van der Waals surface area contributed by atoms with E-state index in [1.54, 1.807) is 23.5 Å². The van der Waals surface area contributed by atoms with E-state index in [0.29, 0.717) is 28.2 Å². The number of nitro groups is 1. The Balaban J connectivity index is 1.74. The van der Waals surface area contributed by atoms with Crippen molar-refractivity contribution in [3.8, 4) is 17.0 Å². The second-order valence-electron chi connectivity index (χ2n) is 7.49. The maximum atomic E-state index is 13.8. The highest BCUT2D eigenvalue weighted by atomic mass is 19.1. The van der Waals surface area contributed by atoms with Crippen molar-refractivity contribution in [3.05, 3.63) is 87.5 Å². The summed E-state index contributed by atoms with van der Waals surface area (Å²) < 4.78 is 15.6. The normalized spacial score (nSPS) is 11.0. The lowest BCUT2D eigenvalue weighted by atomic mass is 10.1. The highest BCUT2D eigenvalue weighted by molar-refractivity contribution is 5.95. The first kappa shape index (κ1) is 21.0. The second-order valence-corrected chi connectivity index (χ2v) is 7.49. The number of aromatic nitrogens is 2. The van der Waals surface area contributed by atoms with Gasteiger partial charge < -0.3 is 14.8 Å². The van der Waals surface area contributed by atoms with Crippen molar-refractivity contribution < 1.29 is 19.2 Å². The number of halogens is 1. The minimum atomic E-state index is -0.614. The molecule has 0 aliphatic heterocycles. The lowest BCUT2D eigenvalue weighted by Crippen LogP contribution is -2.16. The van der Waals surface area contributed by atoms with Crippen molar-refractivity contribution >= 4 is 22.9 Å². The summed E-state index contributed by atoms with van der Waals surface area (Å²) in [5, 5.41) is 23.5. The average molecular weight is 434 g/mol. The molecular weight excluding hydrogens is 415 g/mol. The Bertz CT molecular complexity index is 1380. The maximum absolute atomic E-state index is 13.8. The van der Waals surface area contributed by atoms with Gasteiger partial charge in [-0.1, -0.05) is 6.07 Å². The number of carbonyl (C=O) groups is 1. The standard InChI is InChI=1S/C23H19FN4O4/c1-13-3-8-21-26-23(15-4-6-17(24)14(2)9-15)19(27(21)12-13)11-22(30)25-18-10-16(28(31)32)5-7-20(18)29/h3-10,12,29H,11H2,1-2H3,(H,25,30). The van der Waals surface area contributed by atoms with E-state index in [1.807, 2.05) is 25.3 Å². The lowest BCUT2D eigenvalue weighted by molar-refractivity contribution is -0.384. The number of non-ortho nitro benzene ring substituents is 1.